The van der Waals surface area contributed by atoms with E-state index in [2.05, 4.69) is 33.1 Å². The van der Waals surface area contributed by atoms with Gasteiger partial charge in [-0.1, -0.05) is 45.4 Å². The maximum atomic E-state index is 6.60. The van der Waals surface area contributed by atoms with E-state index in [4.69, 9.17) is 4.12 Å². The Hall–Kier alpha value is 0.394. The van der Waals surface area contributed by atoms with Crippen LogP contribution in [0.1, 0.15) is 45.4 Å². The Morgan fingerprint density at radius 1 is 0.882 bits per heavy atom. The third-order valence-electron chi connectivity index (χ3n) is 4.16. The molecule has 0 radical (unpaired) electrons. The van der Waals surface area contributed by atoms with Crippen LogP contribution < -0.4 is 0 Å². The lowest BCUT2D eigenvalue weighted by Crippen LogP contribution is -2.44. The second-order valence-corrected chi connectivity index (χ2v) is 16.0. The fourth-order valence-electron chi connectivity index (χ4n) is 3.13. The predicted octanol–water partition coefficient (Wildman–Crippen LogP) is 5.40. The Morgan fingerprint density at radius 2 is 1.41 bits per heavy atom. The van der Waals surface area contributed by atoms with Crippen LogP contribution in [0.3, 0.4) is 0 Å². The normalized spacial score (nSPS) is 20.3. The average molecular weight is 273 g/mol. The summed E-state index contributed by atoms with van der Waals surface area (Å²) in [5, 5.41) is 0. The van der Waals surface area contributed by atoms with Crippen molar-refractivity contribution in [3.63, 3.8) is 0 Å². The van der Waals surface area contributed by atoms with E-state index in [-0.39, 0.29) is 0 Å². The van der Waals surface area contributed by atoms with Crippen molar-refractivity contribution in [3.05, 3.63) is 0 Å². The first-order chi connectivity index (χ1) is 7.85. The molecule has 1 aliphatic rings. The molecule has 0 bridgehead atoms. The molecule has 0 amide bonds. The summed E-state index contributed by atoms with van der Waals surface area (Å²) in [5.41, 5.74) is 0. The van der Waals surface area contributed by atoms with Crippen molar-refractivity contribution in [1.82, 2.24) is 0 Å². The third kappa shape index (κ3) is 6.21. The second-order valence-electron chi connectivity index (χ2n) is 7.04. The van der Waals surface area contributed by atoms with Crippen molar-refractivity contribution in [2.75, 3.05) is 0 Å². The van der Waals surface area contributed by atoms with Gasteiger partial charge in [-0.05, 0) is 44.2 Å². The minimum absolute atomic E-state index is 0.973. The van der Waals surface area contributed by atoms with E-state index in [1.807, 2.05) is 0 Å². The summed E-state index contributed by atoms with van der Waals surface area (Å²) in [4.78, 5) is 0. The lowest BCUT2D eigenvalue weighted by Gasteiger charge is -2.35. The molecule has 0 N–H and O–H groups in total. The second kappa shape index (κ2) is 6.53. The maximum absolute atomic E-state index is 6.60. The van der Waals surface area contributed by atoms with Crippen LogP contribution in [-0.2, 0) is 4.12 Å². The van der Waals surface area contributed by atoms with Crippen LogP contribution in [0.25, 0.3) is 0 Å². The van der Waals surface area contributed by atoms with Crippen LogP contribution in [0.4, 0.5) is 0 Å². The molecule has 0 aromatic heterocycles. The monoisotopic (exact) mass is 272 g/mol. The van der Waals surface area contributed by atoms with E-state index in [0.717, 1.165) is 5.92 Å². The molecule has 1 aliphatic carbocycles. The van der Waals surface area contributed by atoms with Crippen LogP contribution >= 0.6 is 0 Å². The Bertz CT molecular complexity index is 218. The highest BCUT2D eigenvalue weighted by Gasteiger charge is 2.33. The standard InChI is InChI=1S/C14H32OSi2/c1-6-16(2,3)15-17(4,5)13-14-11-9-7-8-10-12-14/h14H,6-13H2,1-5H3. The quantitative estimate of drug-likeness (QED) is 0.481. The molecule has 0 spiro atoms. The summed E-state index contributed by atoms with van der Waals surface area (Å²) >= 11 is 0. The molecule has 102 valence electrons. The number of rotatable bonds is 5. The summed E-state index contributed by atoms with van der Waals surface area (Å²) in [5.74, 6) is 0.973. The van der Waals surface area contributed by atoms with E-state index in [1.165, 1.54) is 50.6 Å². The van der Waals surface area contributed by atoms with Crippen molar-refractivity contribution in [3.8, 4) is 0 Å². The SMILES string of the molecule is CC[Si](C)(C)O[Si](C)(C)CC1CCCCCC1. The summed E-state index contributed by atoms with van der Waals surface area (Å²) in [6.07, 6.45) is 8.79. The molecule has 0 aromatic carbocycles. The first kappa shape index (κ1) is 15.5. The van der Waals surface area contributed by atoms with Crippen LogP contribution in [0.5, 0.6) is 0 Å². The Morgan fingerprint density at radius 3 is 1.88 bits per heavy atom. The number of hydrogen-bond acceptors (Lipinski definition) is 1. The minimum atomic E-state index is -1.41. The lowest BCUT2D eigenvalue weighted by atomic mass is 10.0. The van der Waals surface area contributed by atoms with Gasteiger partial charge in [-0.2, -0.15) is 0 Å². The number of hydrogen-bond donors (Lipinski definition) is 0. The van der Waals surface area contributed by atoms with Crippen molar-refractivity contribution in [1.29, 1.82) is 0 Å². The highest BCUT2D eigenvalue weighted by Crippen LogP contribution is 2.32. The fourth-order valence-corrected chi connectivity index (χ4v) is 11.8. The zero-order valence-electron chi connectivity index (χ0n) is 12.6. The van der Waals surface area contributed by atoms with Gasteiger partial charge in [-0.25, -0.2) is 0 Å². The molecular weight excluding hydrogens is 240 g/mol. The minimum Gasteiger partial charge on any atom is -0.455 e. The predicted molar refractivity (Wildman–Crippen MR) is 82.5 cm³/mol. The van der Waals surface area contributed by atoms with Crippen LogP contribution in [0, 0.1) is 5.92 Å². The van der Waals surface area contributed by atoms with E-state index in [0.29, 0.717) is 0 Å². The van der Waals surface area contributed by atoms with E-state index in [9.17, 15) is 0 Å². The molecule has 3 heteroatoms. The Balaban J connectivity index is 2.46. The molecule has 1 saturated carbocycles. The van der Waals surface area contributed by atoms with Crippen LogP contribution in [-0.4, -0.2) is 16.6 Å². The molecule has 1 rings (SSSR count). The molecule has 1 fully saturated rings. The average Bonchev–Trinajstić information content (AvgIpc) is 2.44. The molecule has 0 atom stereocenters. The van der Waals surface area contributed by atoms with Crippen LogP contribution in [0.15, 0.2) is 0 Å². The van der Waals surface area contributed by atoms with Gasteiger partial charge in [0.15, 0.2) is 16.6 Å². The topological polar surface area (TPSA) is 9.23 Å². The molecule has 17 heavy (non-hydrogen) atoms. The van der Waals surface area contributed by atoms with Crippen LogP contribution in [0.2, 0.25) is 38.3 Å². The van der Waals surface area contributed by atoms with Gasteiger partial charge in [-0.3, -0.25) is 0 Å². The molecule has 0 unspecified atom stereocenters. The van der Waals surface area contributed by atoms with Gasteiger partial charge in [0.25, 0.3) is 0 Å². The van der Waals surface area contributed by atoms with Gasteiger partial charge in [0.1, 0.15) is 0 Å². The molecular formula is C14H32OSi2. The van der Waals surface area contributed by atoms with E-state index in [1.54, 1.807) is 0 Å². The summed E-state index contributed by atoms with van der Waals surface area (Å²) in [6.45, 7) is 12.0. The van der Waals surface area contributed by atoms with Gasteiger partial charge >= 0.3 is 0 Å². The molecule has 0 aromatic rings. The highest BCUT2D eigenvalue weighted by molar-refractivity contribution is 6.84. The van der Waals surface area contributed by atoms with Gasteiger partial charge < -0.3 is 4.12 Å². The van der Waals surface area contributed by atoms with Gasteiger partial charge in [0, 0.05) is 0 Å². The highest BCUT2D eigenvalue weighted by atomic mass is 28.4. The lowest BCUT2D eigenvalue weighted by molar-refractivity contribution is 0.458. The zero-order valence-corrected chi connectivity index (χ0v) is 14.6. The zero-order chi connectivity index (χ0) is 12.9. The van der Waals surface area contributed by atoms with Crippen molar-refractivity contribution in [2.45, 2.75) is 83.7 Å². The largest absolute Gasteiger partial charge is 0.455 e. The van der Waals surface area contributed by atoms with Crippen molar-refractivity contribution >= 4 is 16.6 Å². The van der Waals surface area contributed by atoms with E-state index < -0.39 is 16.6 Å². The third-order valence-corrected chi connectivity index (χ3v) is 11.8. The van der Waals surface area contributed by atoms with Gasteiger partial charge in [0.2, 0.25) is 0 Å². The van der Waals surface area contributed by atoms with Crippen molar-refractivity contribution < 1.29 is 4.12 Å². The van der Waals surface area contributed by atoms with Gasteiger partial charge in [-0.15, -0.1) is 0 Å². The molecule has 0 saturated heterocycles. The first-order valence-corrected chi connectivity index (χ1v) is 13.8. The fraction of sp³-hybridized carbons (Fsp3) is 1.00. The Labute approximate surface area is 111 Å². The maximum Gasteiger partial charge on any atom is 0.173 e. The van der Waals surface area contributed by atoms with Gasteiger partial charge in [0.05, 0.1) is 0 Å². The first-order valence-electron chi connectivity index (χ1n) is 7.55. The molecule has 1 nitrogen and oxygen atoms in total. The summed E-state index contributed by atoms with van der Waals surface area (Å²) in [7, 11) is -2.76. The molecule has 0 heterocycles. The summed E-state index contributed by atoms with van der Waals surface area (Å²) in [6, 6.07) is 2.66. The van der Waals surface area contributed by atoms with E-state index >= 15 is 0 Å². The smallest absolute Gasteiger partial charge is 0.173 e. The van der Waals surface area contributed by atoms with Crippen molar-refractivity contribution in [2.24, 2.45) is 5.92 Å². The Kier molecular flexibility index (Phi) is 5.93. The summed E-state index contributed by atoms with van der Waals surface area (Å²) < 4.78 is 6.60. The molecule has 0 aliphatic heterocycles.